The van der Waals surface area contributed by atoms with Crippen molar-refractivity contribution in [3.63, 3.8) is 0 Å². The van der Waals surface area contributed by atoms with Crippen molar-refractivity contribution < 1.29 is 14.3 Å². The molecule has 2 rings (SSSR count). The van der Waals surface area contributed by atoms with Gasteiger partial charge in [-0.3, -0.25) is 4.79 Å². The summed E-state index contributed by atoms with van der Waals surface area (Å²) in [6.45, 7) is -0.152. The molecule has 0 radical (unpaired) electrons. The van der Waals surface area contributed by atoms with Crippen molar-refractivity contribution in [2.45, 2.75) is 12.8 Å². The minimum absolute atomic E-state index is 0.0606. The van der Waals surface area contributed by atoms with Gasteiger partial charge in [0.25, 0.3) is 0 Å². The lowest BCUT2D eigenvalue weighted by Gasteiger charge is -2.10. The van der Waals surface area contributed by atoms with Gasteiger partial charge in [-0.05, 0) is 31.0 Å². The molecule has 1 aliphatic rings. The van der Waals surface area contributed by atoms with Crippen molar-refractivity contribution in [1.29, 1.82) is 0 Å². The lowest BCUT2D eigenvalue weighted by molar-refractivity contribution is 0.0829. The molecule has 0 aromatic heterocycles. The molecule has 0 heterocycles. The molecule has 0 atom stereocenters. The Morgan fingerprint density at radius 2 is 2.20 bits per heavy atom. The Labute approximate surface area is 91.7 Å². The summed E-state index contributed by atoms with van der Waals surface area (Å²) < 4.78 is 12.9. The highest BCUT2D eigenvalue weighted by Crippen LogP contribution is 2.47. The predicted octanol–water partition coefficient (Wildman–Crippen LogP) is 2.43. The summed E-state index contributed by atoms with van der Waals surface area (Å²) in [6.07, 6.45) is 1.38. The van der Waals surface area contributed by atoms with Crippen LogP contribution >= 0.6 is 11.6 Å². The second kappa shape index (κ2) is 3.58. The third kappa shape index (κ3) is 1.77. The summed E-state index contributed by atoms with van der Waals surface area (Å²) in [4.78, 5) is 11.9. The first-order valence-electron chi connectivity index (χ1n) is 4.70. The highest BCUT2D eigenvalue weighted by molar-refractivity contribution is 6.31. The number of aliphatic hydroxyl groups is 1. The summed E-state index contributed by atoms with van der Waals surface area (Å²) in [5.74, 6) is -0.686. The lowest BCUT2D eigenvalue weighted by atomic mass is 9.96. The van der Waals surface area contributed by atoms with Crippen LogP contribution in [0.15, 0.2) is 18.2 Å². The number of aliphatic hydroxyl groups excluding tert-OH is 1. The summed E-state index contributed by atoms with van der Waals surface area (Å²) in [6, 6.07) is 3.89. The molecule has 1 aromatic rings. The van der Waals surface area contributed by atoms with E-state index in [2.05, 4.69) is 0 Å². The monoisotopic (exact) mass is 228 g/mol. The fourth-order valence-electron chi connectivity index (χ4n) is 1.55. The van der Waals surface area contributed by atoms with Gasteiger partial charge in [-0.1, -0.05) is 11.6 Å². The summed E-state index contributed by atoms with van der Waals surface area (Å²) in [5.41, 5.74) is -0.255. The van der Waals surface area contributed by atoms with E-state index in [-0.39, 0.29) is 17.4 Å². The Kier molecular flexibility index (Phi) is 2.52. The van der Waals surface area contributed by atoms with E-state index in [1.807, 2.05) is 0 Å². The average Bonchev–Trinajstić information content (AvgIpc) is 3.02. The van der Waals surface area contributed by atoms with E-state index in [9.17, 15) is 9.18 Å². The molecule has 0 bridgehead atoms. The molecule has 2 nitrogen and oxygen atoms in total. The van der Waals surface area contributed by atoms with Crippen molar-refractivity contribution in [2.24, 2.45) is 5.41 Å². The molecule has 0 saturated heterocycles. The third-order valence-corrected chi connectivity index (χ3v) is 3.11. The maximum absolute atomic E-state index is 12.9. The van der Waals surface area contributed by atoms with Crippen LogP contribution in [-0.2, 0) is 0 Å². The van der Waals surface area contributed by atoms with Crippen LogP contribution in [0.3, 0.4) is 0 Å². The van der Waals surface area contributed by atoms with Crippen LogP contribution in [0, 0.1) is 11.2 Å². The lowest BCUT2D eigenvalue weighted by Crippen LogP contribution is -2.20. The van der Waals surface area contributed by atoms with Crippen LogP contribution in [0.5, 0.6) is 0 Å². The molecule has 0 aliphatic heterocycles. The SMILES string of the molecule is O=C(c1ccc(F)c(Cl)c1)C1(CO)CC1. The summed E-state index contributed by atoms with van der Waals surface area (Å²) >= 11 is 5.58. The number of hydrogen-bond acceptors (Lipinski definition) is 2. The number of ketones is 1. The van der Waals surface area contributed by atoms with Crippen LogP contribution < -0.4 is 0 Å². The zero-order chi connectivity index (χ0) is 11.1. The first kappa shape index (κ1) is 10.6. The molecule has 1 saturated carbocycles. The Balaban J connectivity index is 2.30. The van der Waals surface area contributed by atoms with Gasteiger partial charge in [0, 0.05) is 5.56 Å². The Morgan fingerprint density at radius 1 is 1.53 bits per heavy atom. The Morgan fingerprint density at radius 3 is 2.67 bits per heavy atom. The minimum atomic E-state index is -0.624. The van der Waals surface area contributed by atoms with Crippen molar-refractivity contribution in [3.05, 3.63) is 34.6 Å². The Bertz CT molecular complexity index is 413. The first-order chi connectivity index (χ1) is 7.09. The van der Waals surface area contributed by atoms with E-state index in [4.69, 9.17) is 16.7 Å². The van der Waals surface area contributed by atoms with Gasteiger partial charge in [-0.25, -0.2) is 4.39 Å². The van der Waals surface area contributed by atoms with Crippen LogP contribution in [0.1, 0.15) is 23.2 Å². The Hall–Kier alpha value is -0.930. The van der Waals surface area contributed by atoms with Crippen LogP contribution in [0.2, 0.25) is 5.02 Å². The highest BCUT2D eigenvalue weighted by atomic mass is 35.5. The number of benzene rings is 1. The largest absolute Gasteiger partial charge is 0.395 e. The second-order valence-corrected chi connectivity index (χ2v) is 4.30. The van der Waals surface area contributed by atoms with E-state index in [0.717, 1.165) is 0 Å². The molecule has 0 amide bonds. The second-order valence-electron chi connectivity index (χ2n) is 3.90. The van der Waals surface area contributed by atoms with Gasteiger partial charge >= 0.3 is 0 Å². The van der Waals surface area contributed by atoms with Gasteiger partial charge in [0.05, 0.1) is 17.0 Å². The molecule has 15 heavy (non-hydrogen) atoms. The molecule has 0 unspecified atom stereocenters. The zero-order valence-corrected chi connectivity index (χ0v) is 8.72. The number of rotatable bonds is 3. The molecule has 1 N–H and O–H groups in total. The molecule has 1 aromatic carbocycles. The molecular weight excluding hydrogens is 219 g/mol. The van der Waals surface area contributed by atoms with Gasteiger partial charge in [-0.15, -0.1) is 0 Å². The van der Waals surface area contributed by atoms with Crippen molar-refractivity contribution in [2.75, 3.05) is 6.61 Å². The fraction of sp³-hybridized carbons (Fsp3) is 0.364. The first-order valence-corrected chi connectivity index (χ1v) is 5.07. The van der Waals surface area contributed by atoms with Gasteiger partial charge in [0.2, 0.25) is 0 Å². The third-order valence-electron chi connectivity index (χ3n) is 2.82. The van der Waals surface area contributed by atoms with Gasteiger partial charge in [0.1, 0.15) is 5.82 Å². The van der Waals surface area contributed by atoms with E-state index in [1.165, 1.54) is 18.2 Å². The molecule has 1 fully saturated rings. The normalized spacial score (nSPS) is 17.5. The fourth-order valence-corrected chi connectivity index (χ4v) is 1.73. The number of carbonyl (C=O) groups is 1. The predicted molar refractivity (Wildman–Crippen MR) is 54.5 cm³/mol. The average molecular weight is 229 g/mol. The zero-order valence-electron chi connectivity index (χ0n) is 7.96. The smallest absolute Gasteiger partial charge is 0.171 e. The van der Waals surface area contributed by atoms with Crippen LogP contribution in [-0.4, -0.2) is 17.5 Å². The van der Waals surface area contributed by atoms with E-state index in [1.54, 1.807) is 0 Å². The molecule has 80 valence electrons. The number of halogens is 2. The molecule has 4 heteroatoms. The quantitative estimate of drug-likeness (QED) is 0.807. The number of hydrogen-bond donors (Lipinski definition) is 1. The standard InChI is InChI=1S/C11H10ClFO2/c12-8-5-7(1-2-9(8)13)10(15)11(6-14)3-4-11/h1-2,5,14H,3-4,6H2. The maximum Gasteiger partial charge on any atom is 0.171 e. The summed E-state index contributed by atoms with van der Waals surface area (Å²) in [7, 11) is 0. The highest BCUT2D eigenvalue weighted by Gasteiger charge is 2.49. The minimum Gasteiger partial charge on any atom is -0.395 e. The maximum atomic E-state index is 12.9. The van der Waals surface area contributed by atoms with E-state index >= 15 is 0 Å². The van der Waals surface area contributed by atoms with Gasteiger partial charge in [-0.2, -0.15) is 0 Å². The molecular formula is C11H10ClFO2. The number of Topliss-reactive ketones (excluding diaryl/α,β-unsaturated/α-hetero) is 1. The molecule has 0 spiro atoms. The van der Waals surface area contributed by atoms with Crippen molar-refractivity contribution in [3.8, 4) is 0 Å². The molecule has 1 aliphatic carbocycles. The van der Waals surface area contributed by atoms with E-state index < -0.39 is 11.2 Å². The number of carbonyl (C=O) groups excluding carboxylic acids is 1. The van der Waals surface area contributed by atoms with Crippen LogP contribution in [0.4, 0.5) is 4.39 Å². The van der Waals surface area contributed by atoms with E-state index in [0.29, 0.717) is 18.4 Å². The van der Waals surface area contributed by atoms with Crippen molar-refractivity contribution in [1.82, 2.24) is 0 Å². The van der Waals surface area contributed by atoms with Gasteiger partial charge < -0.3 is 5.11 Å². The van der Waals surface area contributed by atoms with Gasteiger partial charge in [0.15, 0.2) is 5.78 Å². The topological polar surface area (TPSA) is 37.3 Å². The van der Waals surface area contributed by atoms with Crippen molar-refractivity contribution >= 4 is 17.4 Å². The van der Waals surface area contributed by atoms with Crippen LogP contribution in [0.25, 0.3) is 0 Å². The summed E-state index contributed by atoms with van der Waals surface area (Å²) in [5, 5.41) is 9.02.